The van der Waals surface area contributed by atoms with E-state index in [4.69, 9.17) is 4.74 Å². The Kier molecular flexibility index (Phi) is 19.1. The molecule has 1 saturated heterocycles. The number of likely N-dealkylation sites (tertiary alicyclic amines) is 1. The Labute approximate surface area is 330 Å². The average molecular weight is 746 g/mol. The number of hydrogen-bond donors (Lipinski definition) is 0. The maximum absolute atomic E-state index is 13.0. The van der Waals surface area contributed by atoms with Gasteiger partial charge in [0.1, 0.15) is 12.8 Å². The van der Waals surface area contributed by atoms with Crippen LogP contribution in [-0.4, -0.2) is 54.5 Å². The molecule has 0 aromatic carbocycles. The Balaban J connectivity index is 0.000000391. The highest BCUT2D eigenvalue weighted by Crippen LogP contribution is 2.68. The van der Waals surface area contributed by atoms with E-state index in [1.54, 1.807) is 11.6 Å². The zero-order chi connectivity index (χ0) is 39.7. The molecule has 3 saturated carbocycles. The number of piperidine rings is 1. The number of esters is 1. The number of hydrogen-bond acceptors (Lipinski definition) is 5. The SMILES string of the molecule is C=CC.CC.CC12CCC(OC(=O)C3CCN(CCF)CC3)CC1=CCC1[C@@H]2CCC2(C)C(c3cccnc3)CC[C@@H]12.CCC=N/C=C(C)/C(C)=C/CC. The van der Waals surface area contributed by atoms with Gasteiger partial charge in [-0.25, -0.2) is 4.39 Å². The molecule has 5 aliphatic rings. The number of nitrogens with zero attached hydrogens (tertiary/aromatic N) is 3. The van der Waals surface area contributed by atoms with Gasteiger partial charge in [0.25, 0.3) is 0 Å². The molecule has 1 aromatic heterocycles. The van der Waals surface area contributed by atoms with Crippen molar-refractivity contribution >= 4 is 12.2 Å². The molecule has 5 nitrogen and oxygen atoms in total. The van der Waals surface area contributed by atoms with Crippen molar-refractivity contribution in [2.24, 2.45) is 39.5 Å². The van der Waals surface area contributed by atoms with Crippen molar-refractivity contribution in [1.29, 1.82) is 0 Å². The van der Waals surface area contributed by atoms with Gasteiger partial charge in [0.15, 0.2) is 0 Å². The summed E-state index contributed by atoms with van der Waals surface area (Å²) in [5, 5.41) is 0. The van der Waals surface area contributed by atoms with E-state index in [2.05, 4.69) is 93.5 Å². The van der Waals surface area contributed by atoms with Crippen LogP contribution in [0.2, 0.25) is 0 Å². The molecule has 1 aliphatic heterocycles. The number of halogens is 1. The lowest BCUT2D eigenvalue weighted by molar-refractivity contribution is -0.158. The first-order valence-corrected chi connectivity index (χ1v) is 21.6. The van der Waals surface area contributed by atoms with Gasteiger partial charge in [-0.3, -0.25) is 14.8 Å². The smallest absolute Gasteiger partial charge is 0.309 e. The van der Waals surface area contributed by atoms with Crippen LogP contribution in [0.4, 0.5) is 4.39 Å². The summed E-state index contributed by atoms with van der Waals surface area (Å²) in [7, 11) is 0. The summed E-state index contributed by atoms with van der Waals surface area (Å²) in [6.07, 6.45) is 27.7. The van der Waals surface area contributed by atoms with Gasteiger partial charge in [-0.2, -0.15) is 0 Å². The number of rotatable bonds is 9. The Bertz CT molecular complexity index is 1410. The van der Waals surface area contributed by atoms with E-state index in [1.165, 1.54) is 48.8 Å². The Morgan fingerprint density at radius 2 is 1.76 bits per heavy atom. The van der Waals surface area contributed by atoms with E-state index in [-0.39, 0.29) is 30.1 Å². The summed E-state index contributed by atoms with van der Waals surface area (Å²) >= 11 is 0. The molecule has 4 aliphatic carbocycles. The third-order valence-corrected chi connectivity index (χ3v) is 13.4. The van der Waals surface area contributed by atoms with E-state index >= 15 is 0 Å². The number of aliphatic imine (C=N–C) groups is 1. The van der Waals surface area contributed by atoms with Crippen LogP contribution in [-0.2, 0) is 9.53 Å². The maximum Gasteiger partial charge on any atom is 0.309 e. The van der Waals surface area contributed by atoms with E-state index in [9.17, 15) is 9.18 Å². The molecule has 0 amide bonds. The van der Waals surface area contributed by atoms with Crippen LogP contribution in [0.15, 0.2) is 77.2 Å². The summed E-state index contributed by atoms with van der Waals surface area (Å²) in [6.45, 7) is 24.6. The van der Waals surface area contributed by atoms with E-state index in [0.29, 0.717) is 17.9 Å². The van der Waals surface area contributed by atoms with Gasteiger partial charge in [0.2, 0.25) is 0 Å². The topological polar surface area (TPSA) is 54.8 Å². The molecule has 5 unspecified atom stereocenters. The number of alkyl halides is 1. The fourth-order valence-corrected chi connectivity index (χ4v) is 10.5. The first kappa shape index (κ1) is 45.5. The maximum atomic E-state index is 13.0. The summed E-state index contributed by atoms with van der Waals surface area (Å²) in [5.74, 6) is 2.95. The second-order valence-electron chi connectivity index (χ2n) is 16.6. The molecule has 0 bridgehead atoms. The zero-order valence-corrected chi connectivity index (χ0v) is 35.7. The van der Waals surface area contributed by atoms with Crippen molar-refractivity contribution < 1.29 is 13.9 Å². The van der Waals surface area contributed by atoms with E-state index in [1.807, 2.05) is 39.4 Å². The summed E-state index contributed by atoms with van der Waals surface area (Å²) < 4.78 is 18.8. The number of fused-ring (bicyclic) bond motifs is 5. The molecule has 7 atom stereocenters. The van der Waals surface area contributed by atoms with Crippen LogP contribution in [0.25, 0.3) is 0 Å². The van der Waals surface area contributed by atoms with Gasteiger partial charge in [-0.1, -0.05) is 77.0 Å². The van der Waals surface area contributed by atoms with Crippen LogP contribution < -0.4 is 0 Å². The lowest BCUT2D eigenvalue weighted by Gasteiger charge is -2.58. The second kappa shape index (κ2) is 22.6. The van der Waals surface area contributed by atoms with E-state index < -0.39 is 0 Å². The van der Waals surface area contributed by atoms with Gasteiger partial charge >= 0.3 is 5.97 Å². The van der Waals surface area contributed by atoms with Gasteiger partial charge in [0.05, 0.1) is 5.92 Å². The number of pyridine rings is 1. The molecule has 0 spiro atoms. The van der Waals surface area contributed by atoms with Crippen molar-refractivity contribution in [2.45, 2.75) is 151 Å². The standard InChI is InChI=1S/C32H45FN2O2.C11H19N.C3H6.C2H6/c1-31-13-9-25(37-30(36)22-11-17-35(18-12-22)19-15-33)20-24(31)5-6-26-28-8-7-27(23-4-3-16-34-21-23)32(28,2)14-10-29(26)31;1-5-7-10(3)11(4)9-12-8-6-2;1-3-2;1-2/h3-5,16,21-22,25-29H,6-15,17-20H2,1-2H3;7-9H,5-6H2,1-4H3;3H,1H2,2H3;1-2H3/b;10-7+,11-9+,12-8?;;/t25?,26?,27?,28-,29-,31?,32?;;;/m0.../s1. The molecule has 6 rings (SSSR count). The highest BCUT2D eigenvalue weighted by atomic mass is 19.1. The predicted octanol–water partition coefficient (Wildman–Crippen LogP) is 12.7. The van der Waals surface area contributed by atoms with Crippen LogP contribution in [0, 0.1) is 34.5 Å². The van der Waals surface area contributed by atoms with Crippen LogP contribution >= 0.6 is 0 Å². The molecular weight excluding hydrogens is 670 g/mol. The molecule has 0 radical (unpaired) electrons. The average Bonchev–Trinajstić information content (AvgIpc) is 3.54. The second-order valence-corrected chi connectivity index (χ2v) is 16.6. The first-order chi connectivity index (χ1) is 26.1. The lowest BCUT2D eigenvalue weighted by Crippen LogP contribution is -2.50. The Hall–Kier alpha value is -2.86. The summed E-state index contributed by atoms with van der Waals surface area (Å²) in [4.78, 5) is 23.7. The molecule has 302 valence electrons. The van der Waals surface area contributed by atoms with Crippen molar-refractivity contribution in [1.82, 2.24) is 9.88 Å². The third-order valence-electron chi connectivity index (χ3n) is 13.4. The predicted molar refractivity (Wildman–Crippen MR) is 228 cm³/mol. The van der Waals surface area contributed by atoms with Crippen molar-refractivity contribution in [2.75, 3.05) is 26.3 Å². The molecular formula is C48H76FN3O2. The fourth-order valence-electron chi connectivity index (χ4n) is 10.5. The monoisotopic (exact) mass is 746 g/mol. The van der Waals surface area contributed by atoms with E-state index in [0.717, 1.165) is 75.8 Å². The number of carbonyl (C=O) groups excluding carboxylic acids is 1. The number of carbonyl (C=O) groups is 1. The van der Waals surface area contributed by atoms with Crippen LogP contribution in [0.1, 0.15) is 151 Å². The summed E-state index contributed by atoms with van der Waals surface area (Å²) in [5.41, 5.74) is 6.24. The normalized spacial score (nSPS) is 31.1. The van der Waals surface area contributed by atoms with Crippen LogP contribution in [0.3, 0.4) is 0 Å². The highest BCUT2D eigenvalue weighted by molar-refractivity contribution is 5.72. The molecule has 2 heterocycles. The highest BCUT2D eigenvalue weighted by Gasteiger charge is 2.59. The largest absolute Gasteiger partial charge is 0.462 e. The molecule has 1 aromatic rings. The Morgan fingerprint density at radius 3 is 2.39 bits per heavy atom. The summed E-state index contributed by atoms with van der Waals surface area (Å²) in [6, 6.07) is 4.41. The van der Waals surface area contributed by atoms with Crippen molar-refractivity contribution in [3.8, 4) is 0 Å². The van der Waals surface area contributed by atoms with Crippen molar-refractivity contribution in [3.05, 3.63) is 77.8 Å². The first-order valence-electron chi connectivity index (χ1n) is 21.6. The molecule has 54 heavy (non-hydrogen) atoms. The minimum Gasteiger partial charge on any atom is -0.462 e. The lowest BCUT2D eigenvalue weighted by atomic mass is 9.47. The Morgan fingerprint density at radius 1 is 1.04 bits per heavy atom. The number of aromatic nitrogens is 1. The quantitative estimate of drug-likeness (QED) is 0.109. The van der Waals surface area contributed by atoms with Gasteiger partial charge < -0.3 is 9.64 Å². The van der Waals surface area contributed by atoms with Gasteiger partial charge in [0, 0.05) is 37.8 Å². The molecule has 4 fully saturated rings. The fraction of sp³-hybridized carbons (Fsp3) is 0.688. The van der Waals surface area contributed by atoms with Crippen LogP contribution in [0.5, 0.6) is 0 Å². The minimum atomic E-state index is -0.308. The van der Waals surface area contributed by atoms with Gasteiger partial charge in [-0.05, 0) is 156 Å². The number of ether oxygens (including phenoxy) is 1. The van der Waals surface area contributed by atoms with Gasteiger partial charge in [-0.15, -0.1) is 6.58 Å². The molecule has 6 heteroatoms. The minimum absolute atomic E-state index is 0.0105. The third kappa shape index (κ3) is 11.4. The number of allylic oxidation sites excluding steroid dienone is 5. The van der Waals surface area contributed by atoms with Crippen molar-refractivity contribution in [3.63, 3.8) is 0 Å². The zero-order valence-electron chi connectivity index (χ0n) is 35.7. The molecule has 0 N–H and O–H groups in total.